The van der Waals surface area contributed by atoms with Gasteiger partial charge in [0.25, 0.3) is 0 Å². The highest BCUT2D eigenvalue weighted by molar-refractivity contribution is 5.92. The van der Waals surface area contributed by atoms with E-state index in [-0.39, 0.29) is 30.2 Å². The smallest absolute Gasteiger partial charge is 0.343 e. The van der Waals surface area contributed by atoms with E-state index < -0.39 is 5.97 Å². The highest BCUT2D eigenvalue weighted by atomic mass is 16.6. The lowest BCUT2D eigenvalue weighted by atomic mass is 9.83. The second-order valence-electron chi connectivity index (χ2n) is 6.66. The molecule has 6 heteroatoms. The van der Waals surface area contributed by atoms with E-state index in [1.165, 1.54) is 7.11 Å². The van der Waals surface area contributed by atoms with Crippen molar-refractivity contribution < 1.29 is 28.5 Å². The van der Waals surface area contributed by atoms with Crippen LogP contribution in [0.5, 0.6) is 0 Å². The predicted octanol–water partition coefficient (Wildman–Crippen LogP) is 2.30. The van der Waals surface area contributed by atoms with Gasteiger partial charge in [0.05, 0.1) is 25.4 Å². The van der Waals surface area contributed by atoms with Crippen molar-refractivity contribution in [2.45, 2.75) is 39.9 Å². The van der Waals surface area contributed by atoms with Crippen LogP contribution in [-0.4, -0.2) is 44.5 Å². The molecule has 24 heavy (non-hydrogen) atoms. The first kappa shape index (κ1) is 18.3. The van der Waals surface area contributed by atoms with Crippen molar-refractivity contribution in [1.82, 2.24) is 0 Å². The zero-order valence-electron chi connectivity index (χ0n) is 14.8. The van der Waals surface area contributed by atoms with E-state index in [4.69, 9.17) is 14.2 Å². The minimum Gasteiger partial charge on any atom is -0.482 e. The molecular formula is C18H24O6. The van der Waals surface area contributed by atoms with Crippen LogP contribution in [0.15, 0.2) is 35.1 Å². The van der Waals surface area contributed by atoms with Crippen molar-refractivity contribution in [3.05, 3.63) is 35.1 Å². The summed E-state index contributed by atoms with van der Waals surface area (Å²) < 4.78 is 21.2. The maximum atomic E-state index is 12.4. The Kier molecular flexibility index (Phi) is 5.49. The number of hydrogen-bond acceptors (Lipinski definition) is 6. The zero-order chi connectivity index (χ0) is 17.9. The molecule has 0 amide bonds. The highest BCUT2D eigenvalue weighted by Gasteiger charge is 2.44. The van der Waals surface area contributed by atoms with E-state index in [0.29, 0.717) is 17.9 Å². The molecule has 0 aromatic carbocycles. The molecule has 0 spiro atoms. The normalized spacial score (nSPS) is 22.8. The summed E-state index contributed by atoms with van der Waals surface area (Å²) in [5.41, 5.74) is 0.967. The molecule has 2 unspecified atom stereocenters. The van der Waals surface area contributed by atoms with Crippen LogP contribution < -0.4 is 0 Å². The lowest BCUT2D eigenvalue weighted by Gasteiger charge is -2.28. The van der Waals surface area contributed by atoms with Crippen LogP contribution in [0.3, 0.4) is 0 Å². The van der Waals surface area contributed by atoms with E-state index in [9.17, 15) is 9.59 Å². The summed E-state index contributed by atoms with van der Waals surface area (Å²) in [5.74, 6) is -0.373. The van der Waals surface area contributed by atoms with Gasteiger partial charge in [-0.1, -0.05) is 20.8 Å². The molecule has 0 aromatic rings. The number of methoxy groups -OCH3 is 1. The Bertz CT molecular complexity index is 605. The number of carbonyl (C=O) groups is 2. The fourth-order valence-electron chi connectivity index (χ4n) is 2.65. The van der Waals surface area contributed by atoms with Crippen molar-refractivity contribution in [3.63, 3.8) is 0 Å². The average molecular weight is 336 g/mol. The van der Waals surface area contributed by atoms with Crippen LogP contribution in [0.25, 0.3) is 0 Å². The molecular weight excluding hydrogens is 312 g/mol. The van der Waals surface area contributed by atoms with Crippen LogP contribution in [-0.2, 0) is 28.5 Å². The quantitative estimate of drug-likeness (QED) is 0.718. The van der Waals surface area contributed by atoms with E-state index in [2.05, 4.69) is 4.74 Å². The summed E-state index contributed by atoms with van der Waals surface area (Å²) in [6.45, 7) is 7.90. The third-order valence-corrected chi connectivity index (χ3v) is 3.76. The molecule has 2 rings (SSSR count). The third kappa shape index (κ3) is 3.87. The van der Waals surface area contributed by atoms with Crippen LogP contribution in [0.1, 0.15) is 27.7 Å². The molecule has 1 aliphatic carbocycles. The molecule has 0 radical (unpaired) electrons. The standard InChI is InChI=1S/C18H24O6/c1-6-22-17(20)15-12-9-11(23-10-14(19)21-5)7-8-13(12)24-16(15)18(2,3)4/h7-9,13,16H,6,10H2,1-5H3. The van der Waals surface area contributed by atoms with Crippen LogP contribution in [0, 0.1) is 5.41 Å². The molecule has 0 aromatic heterocycles. The first-order valence-corrected chi connectivity index (χ1v) is 7.94. The first-order chi connectivity index (χ1) is 11.3. The van der Waals surface area contributed by atoms with E-state index in [1.54, 1.807) is 19.1 Å². The second kappa shape index (κ2) is 7.21. The van der Waals surface area contributed by atoms with Gasteiger partial charge in [-0.25, -0.2) is 9.59 Å². The number of hydrogen-bond donors (Lipinski definition) is 0. The molecule has 0 saturated heterocycles. The molecule has 0 saturated carbocycles. The summed E-state index contributed by atoms with van der Waals surface area (Å²) in [7, 11) is 1.30. The molecule has 6 nitrogen and oxygen atoms in total. The van der Waals surface area contributed by atoms with Gasteiger partial charge in [0.15, 0.2) is 6.61 Å². The molecule has 1 aliphatic heterocycles. The number of rotatable bonds is 5. The summed E-state index contributed by atoms with van der Waals surface area (Å²) >= 11 is 0. The minimum absolute atomic E-state index is 0.192. The SMILES string of the molecule is CCOC(=O)C1=C2C=C(OCC(=O)OC)C=CC2OC1C(C)(C)C. The van der Waals surface area contributed by atoms with Gasteiger partial charge in [-0.3, -0.25) is 0 Å². The number of esters is 2. The highest BCUT2D eigenvalue weighted by Crippen LogP contribution is 2.41. The molecule has 0 fully saturated rings. The fraction of sp³-hybridized carbons (Fsp3) is 0.556. The lowest BCUT2D eigenvalue weighted by Crippen LogP contribution is -2.32. The van der Waals surface area contributed by atoms with Crippen LogP contribution in [0.4, 0.5) is 0 Å². The summed E-state index contributed by atoms with van der Waals surface area (Å²) in [5, 5.41) is 0. The van der Waals surface area contributed by atoms with Crippen molar-refractivity contribution in [1.29, 1.82) is 0 Å². The van der Waals surface area contributed by atoms with Gasteiger partial charge >= 0.3 is 11.9 Å². The van der Waals surface area contributed by atoms with E-state index >= 15 is 0 Å². The van der Waals surface area contributed by atoms with Crippen LogP contribution >= 0.6 is 0 Å². The largest absolute Gasteiger partial charge is 0.482 e. The van der Waals surface area contributed by atoms with Crippen molar-refractivity contribution >= 4 is 11.9 Å². The van der Waals surface area contributed by atoms with Crippen LogP contribution in [0.2, 0.25) is 0 Å². The Balaban J connectivity index is 2.33. The Morgan fingerprint density at radius 2 is 2.00 bits per heavy atom. The summed E-state index contributed by atoms with van der Waals surface area (Å²) in [4.78, 5) is 23.7. The topological polar surface area (TPSA) is 71.1 Å². The van der Waals surface area contributed by atoms with Gasteiger partial charge in [-0.2, -0.15) is 0 Å². The maximum Gasteiger partial charge on any atom is 0.343 e. The summed E-state index contributed by atoms with van der Waals surface area (Å²) in [6, 6.07) is 0. The van der Waals surface area contributed by atoms with Crippen molar-refractivity contribution in [2.75, 3.05) is 20.3 Å². The Labute approximate surface area is 142 Å². The third-order valence-electron chi connectivity index (χ3n) is 3.76. The van der Waals surface area contributed by atoms with E-state index in [1.807, 2.05) is 26.8 Å². The average Bonchev–Trinajstić information content (AvgIpc) is 2.91. The van der Waals surface area contributed by atoms with Crippen molar-refractivity contribution in [3.8, 4) is 0 Å². The Morgan fingerprint density at radius 1 is 1.29 bits per heavy atom. The zero-order valence-corrected chi connectivity index (χ0v) is 14.8. The first-order valence-electron chi connectivity index (χ1n) is 7.94. The Morgan fingerprint density at radius 3 is 2.58 bits per heavy atom. The minimum atomic E-state index is -0.471. The maximum absolute atomic E-state index is 12.4. The van der Waals surface area contributed by atoms with Gasteiger partial charge in [0, 0.05) is 5.57 Å². The molecule has 0 bridgehead atoms. The number of fused-ring (bicyclic) bond motifs is 1. The van der Waals surface area contributed by atoms with Gasteiger partial charge in [0.1, 0.15) is 11.9 Å². The summed E-state index contributed by atoms with van der Waals surface area (Å²) in [6.07, 6.45) is 4.57. The molecule has 1 heterocycles. The van der Waals surface area contributed by atoms with Gasteiger partial charge < -0.3 is 18.9 Å². The Hall–Kier alpha value is -2.08. The molecule has 0 N–H and O–H groups in total. The monoisotopic (exact) mass is 336 g/mol. The molecule has 2 aliphatic rings. The molecule has 132 valence electrons. The number of allylic oxidation sites excluding steroid dienone is 1. The second-order valence-corrected chi connectivity index (χ2v) is 6.66. The fourth-order valence-corrected chi connectivity index (χ4v) is 2.65. The van der Waals surface area contributed by atoms with Gasteiger partial charge in [-0.05, 0) is 30.6 Å². The predicted molar refractivity (Wildman–Crippen MR) is 87.0 cm³/mol. The number of ether oxygens (including phenoxy) is 4. The van der Waals surface area contributed by atoms with Gasteiger partial charge in [0.2, 0.25) is 0 Å². The van der Waals surface area contributed by atoms with Crippen molar-refractivity contribution in [2.24, 2.45) is 5.41 Å². The van der Waals surface area contributed by atoms with E-state index in [0.717, 1.165) is 5.57 Å². The van der Waals surface area contributed by atoms with Gasteiger partial charge in [-0.15, -0.1) is 0 Å². The number of carbonyl (C=O) groups excluding carboxylic acids is 2. The molecule has 2 atom stereocenters. The lowest BCUT2D eigenvalue weighted by molar-refractivity contribution is -0.144.